The Kier molecular flexibility index (Phi) is 3.62. The summed E-state index contributed by atoms with van der Waals surface area (Å²) in [5.41, 5.74) is 7.93. The molecule has 1 heterocycles. The number of nitrogens with one attached hydrogen (secondary N) is 1. The van der Waals surface area contributed by atoms with Crippen LogP contribution in [0.1, 0.15) is 18.9 Å². The molecule has 2 aromatic rings. The van der Waals surface area contributed by atoms with Gasteiger partial charge in [0.05, 0.1) is 0 Å². The smallest absolute Gasteiger partial charge is 0.292 e. The first-order valence-corrected chi connectivity index (χ1v) is 5.72. The molecule has 1 aromatic heterocycles. The summed E-state index contributed by atoms with van der Waals surface area (Å²) in [4.78, 5) is 14.7. The lowest BCUT2D eigenvalue weighted by molar-refractivity contribution is -0.118. The highest BCUT2D eigenvalue weighted by molar-refractivity contribution is 5.77. The molecule has 0 spiro atoms. The summed E-state index contributed by atoms with van der Waals surface area (Å²) in [5.74, 6) is -0.0112. The van der Waals surface area contributed by atoms with Gasteiger partial charge in [0.15, 0.2) is 5.58 Å². The zero-order chi connectivity index (χ0) is 13.0. The van der Waals surface area contributed by atoms with Crippen molar-refractivity contribution in [2.24, 2.45) is 0 Å². The van der Waals surface area contributed by atoms with E-state index in [0.717, 1.165) is 17.5 Å². The van der Waals surface area contributed by atoms with Gasteiger partial charge in [-0.1, -0.05) is 18.2 Å². The second-order valence-corrected chi connectivity index (χ2v) is 3.95. The lowest BCUT2D eigenvalue weighted by atomic mass is 10.2. The molecule has 3 N–H and O–H groups in total. The zero-order valence-electron chi connectivity index (χ0n) is 10.1. The predicted octanol–water partition coefficient (Wildman–Crippen LogP) is 1.95. The number of carbonyl (C=O) groups is 1. The molecule has 18 heavy (non-hydrogen) atoms. The quantitative estimate of drug-likeness (QED) is 0.807. The van der Waals surface area contributed by atoms with Gasteiger partial charge in [-0.25, -0.2) is 0 Å². The number of nitrogens with two attached hydrogens (primary N) is 1. The van der Waals surface area contributed by atoms with Crippen LogP contribution < -0.4 is 11.1 Å². The largest absolute Gasteiger partial charge is 0.424 e. The number of benzene rings is 1. The van der Waals surface area contributed by atoms with Gasteiger partial charge in [0.25, 0.3) is 6.01 Å². The number of amides is 1. The zero-order valence-corrected chi connectivity index (χ0v) is 10.1. The number of oxazole rings is 1. The average molecular weight is 245 g/mol. The molecule has 94 valence electrons. The minimum absolute atomic E-state index is 0.0112. The van der Waals surface area contributed by atoms with Gasteiger partial charge >= 0.3 is 0 Å². The van der Waals surface area contributed by atoms with E-state index in [1.807, 2.05) is 30.4 Å². The standard InChI is InChI=1S/C13H15N3O2/c1-9(17)15-7-3-2-4-10-5-6-12-11(8-10)16-13(14)18-12/h2,4-6,8H,3,7H2,1H3,(H2,14,16)(H,15,17). The second kappa shape index (κ2) is 5.35. The Morgan fingerprint density at radius 2 is 2.39 bits per heavy atom. The summed E-state index contributed by atoms with van der Waals surface area (Å²) in [6.45, 7) is 2.15. The molecule has 0 aliphatic carbocycles. The number of carbonyl (C=O) groups excluding carboxylic acids is 1. The number of anilines is 1. The topological polar surface area (TPSA) is 81.2 Å². The van der Waals surface area contributed by atoms with Crippen LogP contribution in [0.5, 0.6) is 0 Å². The minimum Gasteiger partial charge on any atom is -0.424 e. The Labute approximate surface area is 105 Å². The molecule has 0 bridgehead atoms. The fourth-order valence-corrected chi connectivity index (χ4v) is 1.62. The number of hydrogen-bond donors (Lipinski definition) is 2. The monoisotopic (exact) mass is 245 g/mol. The van der Waals surface area contributed by atoms with Crippen molar-refractivity contribution in [1.82, 2.24) is 10.3 Å². The molecule has 0 atom stereocenters. The van der Waals surface area contributed by atoms with E-state index in [2.05, 4.69) is 10.3 Å². The molecule has 0 radical (unpaired) electrons. The van der Waals surface area contributed by atoms with Crippen LogP contribution in [-0.4, -0.2) is 17.4 Å². The van der Waals surface area contributed by atoms with E-state index in [1.54, 1.807) is 0 Å². The summed E-state index contributed by atoms with van der Waals surface area (Å²) >= 11 is 0. The van der Waals surface area contributed by atoms with E-state index >= 15 is 0 Å². The van der Waals surface area contributed by atoms with Crippen molar-refractivity contribution in [3.8, 4) is 0 Å². The molecule has 5 heteroatoms. The van der Waals surface area contributed by atoms with Gasteiger partial charge in [-0.3, -0.25) is 4.79 Å². The molecule has 0 saturated heterocycles. The van der Waals surface area contributed by atoms with Crippen molar-refractivity contribution in [3.05, 3.63) is 29.8 Å². The van der Waals surface area contributed by atoms with E-state index < -0.39 is 0 Å². The average Bonchev–Trinajstić information content (AvgIpc) is 2.67. The Bertz CT molecular complexity index is 587. The van der Waals surface area contributed by atoms with Gasteiger partial charge in [0.2, 0.25) is 5.91 Å². The van der Waals surface area contributed by atoms with E-state index in [1.165, 1.54) is 6.92 Å². The maximum atomic E-state index is 10.7. The van der Waals surface area contributed by atoms with Crippen LogP contribution in [0.4, 0.5) is 6.01 Å². The predicted molar refractivity (Wildman–Crippen MR) is 70.8 cm³/mol. The van der Waals surface area contributed by atoms with Gasteiger partial charge < -0.3 is 15.5 Å². The van der Waals surface area contributed by atoms with Crippen molar-refractivity contribution in [2.75, 3.05) is 12.3 Å². The van der Waals surface area contributed by atoms with Gasteiger partial charge in [-0.15, -0.1) is 0 Å². The van der Waals surface area contributed by atoms with Gasteiger partial charge in [0.1, 0.15) is 5.52 Å². The molecule has 1 aromatic carbocycles. The molecule has 0 saturated carbocycles. The van der Waals surface area contributed by atoms with Crippen LogP contribution in [0.15, 0.2) is 28.7 Å². The van der Waals surface area contributed by atoms with Crippen molar-refractivity contribution in [2.45, 2.75) is 13.3 Å². The van der Waals surface area contributed by atoms with Gasteiger partial charge in [-0.05, 0) is 24.1 Å². The maximum Gasteiger partial charge on any atom is 0.292 e. The Morgan fingerprint density at radius 3 is 3.17 bits per heavy atom. The number of rotatable bonds is 4. The number of aromatic nitrogens is 1. The van der Waals surface area contributed by atoms with E-state index in [-0.39, 0.29) is 11.9 Å². The number of nitrogen functional groups attached to an aromatic ring is 1. The summed E-state index contributed by atoms with van der Waals surface area (Å²) in [6, 6.07) is 5.86. The molecule has 0 aliphatic heterocycles. The van der Waals surface area contributed by atoms with Crippen molar-refractivity contribution in [3.63, 3.8) is 0 Å². The lowest BCUT2D eigenvalue weighted by Gasteiger charge is -1.97. The maximum absolute atomic E-state index is 10.7. The van der Waals surface area contributed by atoms with Crippen molar-refractivity contribution >= 4 is 29.1 Å². The third-order valence-corrected chi connectivity index (χ3v) is 2.42. The summed E-state index contributed by atoms with van der Waals surface area (Å²) < 4.78 is 5.19. The fraction of sp³-hybridized carbons (Fsp3) is 0.231. The fourth-order valence-electron chi connectivity index (χ4n) is 1.62. The van der Waals surface area contributed by atoms with E-state index in [4.69, 9.17) is 10.2 Å². The van der Waals surface area contributed by atoms with Crippen LogP contribution in [-0.2, 0) is 4.79 Å². The van der Waals surface area contributed by atoms with Crippen LogP contribution in [0.2, 0.25) is 0 Å². The van der Waals surface area contributed by atoms with Gasteiger partial charge in [0, 0.05) is 13.5 Å². The Morgan fingerprint density at radius 1 is 1.56 bits per heavy atom. The SMILES string of the molecule is CC(=O)NCCC=Cc1ccc2oc(N)nc2c1. The van der Waals surface area contributed by atoms with E-state index in [0.29, 0.717) is 12.1 Å². The first-order chi connectivity index (χ1) is 8.65. The van der Waals surface area contributed by atoms with Crippen LogP contribution >= 0.6 is 0 Å². The lowest BCUT2D eigenvalue weighted by Crippen LogP contribution is -2.20. The summed E-state index contributed by atoms with van der Waals surface area (Å²) in [7, 11) is 0. The first-order valence-electron chi connectivity index (χ1n) is 5.72. The molecule has 5 nitrogen and oxygen atoms in total. The Balaban J connectivity index is 1.98. The second-order valence-electron chi connectivity index (χ2n) is 3.95. The highest BCUT2D eigenvalue weighted by atomic mass is 16.4. The first kappa shape index (κ1) is 12.2. The third kappa shape index (κ3) is 3.10. The number of nitrogens with zero attached hydrogens (tertiary/aromatic N) is 1. The molecule has 0 aliphatic rings. The van der Waals surface area contributed by atoms with Crippen LogP contribution in [0, 0.1) is 0 Å². The van der Waals surface area contributed by atoms with Gasteiger partial charge in [-0.2, -0.15) is 4.98 Å². The molecule has 1 amide bonds. The normalized spacial score (nSPS) is 11.2. The Hall–Kier alpha value is -2.30. The third-order valence-electron chi connectivity index (χ3n) is 2.42. The highest BCUT2D eigenvalue weighted by Crippen LogP contribution is 2.18. The molecule has 0 unspecified atom stereocenters. The highest BCUT2D eigenvalue weighted by Gasteiger charge is 2.01. The van der Waals surface area contributed by atoms with Crippen LogP contribution in [0.3, 0.4) is 0 Å². The number of hydrogen-bond acceptors (Lipinski definition) is 4. The van der Waals surface area contributed by atoms with Crippen molar-refractivity contribution in [1.29, 1.82) is 0 Å². The minimum atomic E-state index is -0.0112. The molecular formula is C13H15N3O2. The van der Waals surface area contributed by atoms with Crippen molar-refractivity contribution < 1.29 is 9.21 Å². The van der Waals surface area contributed by atoms with Crippen LogP contribution in [0.25, 0.3) is 17.2 Å². The molecule has 2 rings (SSSR count). The molecule has 0 fully saturated rings. The number of fused-ring (bicyclic) bond motifs is 1. The summed E-state index contributed by atoms with van der Waals surface area (Å²) in [5, 5.41) is 2.73. The summed E-state index contributed by atoms with van der Waals surface area (Å²) in [6.07, 6.45) is 4.77. The molecular weight excluding hydrogens is 230 g/mol. The van der Waals surface area contributed by atoms with E-state index in [9.17, 15) is 4.79 Å².